The van der Waals surface area contributed by atoms with Gasteiger partial charge in [0.1, 0.15) is 0 Å². The van der Waals surface area contributed by atoms with Crippen molar-refractivity contribution in [2.24, 2.45) is 0 Å². The van der Waals surface area contributed by atoms with Crippen molar-refractivity contribution in [3.05, 3.63) is 45.9 Å². The summed E-state index contributed by atoms with van der Waals surface area (Å²) in [5.41, 5.74) is 1.20. The van der Waals surface area contributed by atoms with E-state index in [0.717, 1.165) is 28.9 Å². The molecule has 1 aromatic rings. The molecule has 1 aromatic carbocycles. The van der Waals surface area contributed by atoms with Gasteiger partial charge in [0.05, 0.1) is 0 Å². The van der Waals surface area contributed by atoms with Crippen molar-refractivity contribution >= 4 is 27.5 Å². The van der Waals surface area contributed by atoms with Gasteiger partial charge in [0, 0.05) is 15.5 Å². The van der Waals surface area contributed by atoms with Crippen molar-refractivity contribution in [3.8, 4) is 0 Å². The highest BCUT2D eigenvalue weighted by molar-refractivity contribution is 9.10. The van der Waals surface area contributed by atoms with E-state index in [1.807, 2.05) is 18.2 Å². The van der Waals surface area contributed by atoms with Gasteiger partial charge in [-0.2, -0.15) is 0 Å². The Hall–Kier alpha value is -0.310. The van der Waals surface area contributed by atoms with Crippen molar-refractivity contribution in [2.45, 2.75) is 25.8 Å². The van der Waals surface area contributed by atoms with Crippen LogP contribution in [0, 0.1) is 0 Å². The number of rotatable bonds is 6. The lowest BCUT2D eigenvalue weighted by Crippen LogP contribution is -2.21. The molecular formula is C13H17BrClN. The molecule has 1 unspecified atom stereocenters. The fourth-order valence-corrected chi connectivity index (χ4v) is 2.49. The van der Waals surface area contributed by atoms with Crippen LogP contribution in [-0.4, -0.2) is 6.54 Å². The maximum Gasteiger partial charge on any atom is 0.0420 e. The second-order valence-corrected chi connectivity index (χ2v) is 5.09. The highest BCUT2D eigenvalue weighted by Crippen LogP contribution is 2.25. The first-order chi connectivity index (χ1) is 7.67. The Kier molecular flexibility index (Phi) is 6.10. The van der Waals surface area contributed by atoms with Crippen LogP contribution < -0.4 is 5.32 Å². The fourth-order valence-electron chi connectivity index (χ4n) is 1.60. The summed E-state index contributed by atoms with van der Waals surface area (Å²) in [4.78, 5) is 0. The van der Waals surface area contributed by atoms with Crippen molar-refractivity contribution in [1.29, 1.82) is 0 Å². The van der Waals surface area contributed by atoms with Gasteiger partial charge >= 0.3 is 0 Å². The maximum absolute atomic E-state index is 6.04. The first-order valence-electron chi connectivity index (χ1n) is 5.47. The third-order valence-corrected chi connectivity index (χ3v) is 3.01. The fraction of sp³-hybridized carbons (Fsp3) is 0.385. The Morgan fingerprint density at radius 2 is 2.25 bits per heavy atom. The molecule has 0 bridgehead atoms. The highest BCUT2D eigenvalue weighted by atomic mass is 79.9. The minimum Gasteiger partial charge on any atom is -0.310 e. The molecule has 0 heterocycles. The van der Waals surface area contributed by atoms with E-state index in [1.54, 1.807) is 0 Å². The summed E-state index contributed by atoms with van der Waals surface area (Å²) in [6.07, 6.45) is 3.96. The SMILES string of the molecule is C=CCC(NCCC)c1cc(Cl)cc(Br)c1. The van der Waals surface area contributed by atoms with Gasteiger partial charge in [-0.15, -0.1) is 6.58 Å². The largest absolute Gasteiger partial charge is 0.310 e. The second-order valence-electron chi connectivity index (χ2n) is 3.73. The first-order valence-corrected chi connectivity index (χ1v) is 6.64. The van der Waals surface area contributed by atoms with Crippen molar-refractivity contribution in [2.75, 3.05) is 6.54 Å². The van der Waals surface area contributed by atoms with E-state index in [4.69, 9.17) is 11.6 Å². The standard InChI is InChI=1S/C13H17BrClN/c1-3-5-13(16-6-4-2)10-7-11(14)9-12(15)8-10/h3,7-9,13,16H,1,4-6H2,2H3. The molecule has 0 saturated heterocycles. The lowest BCUT2D eigenvalue weighted by Gasteiger charge is -2.18. The van der Waals surface area contributed by atoms with E-state index >= 15 is 0 Å². The molecule has 0 aliphatic rings. The van der Waals surface area contributed by atoms with E-state index in [0.29, 0.717) is 6.04 Å². The third kappa shape index (κ3) is 4.28. The first kappa shape index (κ1) is 13.8. The van der Waals surface area contributed by atoms with E-state index in [1.165, 1.54) is 5.56 Å². The molecule has 0 aliphatic heterocycles. The topological polar surface area (TPSA) is 12.0 Å². The van der Waals surface area contributed by atoms with Crippen LogP contribution in [0.5, 0.6) is 0 Å². The molecule has 0 amide bonds. The van der Waals surface area contributed by atoms with Crippen LogP contribution in [0.1, 0.15) is 31.4 Å². The zero-order valence-corrected chi connectivity index (χ0v) is 11.8. The Labute approximate surface area is 111 Å². The molecular weight excluding hydrogens is 286 g/mol. The average Bonchev–Trinajstić information content (AvgIpc) is 2.22. The molecule has 1 atom stereocenters. The molecule has 0 aromatic heterocycles. The number of hydrogen-bond acceptors (Lipinski definition) is 1. The third-order valence-electron chi connectivity index (χ3n) is 2.33. The Morgan fingerprint density at radius 1 is 1.50 bits per heavy atom. The molecule has 3 heteroatoms. The zero-order chi connectivity index (χ0) is 12.0. The van der Waals surface area contributed by atoms with Crippen LogP contribution in [0.3, 0.4) is 0 Å². The predicted molar refractivity (Wildman–Crippen MR) is 75.0 cm³/mol. The monoisotopic (exact) mass is 301 g/mol. The van der Waals surface area contributed by atoms with Gasteiger partial charge < -0.3 is 5.32 Å². The number of benzene rings is 1. The van der Waals surface area contributed by atoms with E-state index in [-0.39, 0.29) is 0 Å². The minimum atomic E-state index is 0.299. The predicted octanol–water partition coefficient (Wildman–Crippen LogP) is 4.72. The Morgan fingerprint density at radius 3 is 2.81 bits per heavy atom. The van der Waals surface area contributed by atoms with Crippen molar-refractivity contribution < 1.29 is 0 Å². The lowest BCUT2D eigenvalue weighted by atomic mass is 10.0. The van der Waals surface area contributed by atoms with Gasteiger partial charge in [-0.05, 0) is 43.1 Å². The lowest BCUT2D eigenvalue weighted by molar-refractivity contribution is 0.537. The van der Waals surface area contributed by atoms with Gasteiger partial charge in [-0.3, -0.25) is 0 Å². The summed E-state index contributed by atoms with van der Waals surface area (Å²) >= 11 is 9.51. The molecule has 0 fully saturated rings. The zero-order valence-electron chi connectivity index (χ0n) is 9.47. The summed E-state index contributed by atoms with van der Waals surface area (Å²) in [5.74, 6) is 0. The molecule has 0 saturated carbocycles. The van der Waals surface area contributed by atoms with Crippen LogP contribution >= 0.6 is 27.5 Å². The summed E-state index contributed by atoms with van der Waals surface area (Å²) in [7, 11) is 0. The molecule has 16 heavy (non-hydrogen) atoms. The summed E-state index contributed by atoms with van der Waals surface area (Å²) in [5, 5.41) is 4.25. The van der Waals surface area contributed by atoms with Gasteiger partial charge in [-0.25, -0.2) is 0 Å². The van der Waals surface area contributed by atoms with E-state index in [9.17, 15) is 0 Å². The smallest absolute Gasteiger partial charge is 0.0420 e. The Balaban J connectivity index is 2.86. The van der Waals surface area contributed by atoms with Crippen molar-refractivity contribution in [3.63, 3.8) is 0 Å². The Bertz CT molecular complexity index is 332. The molecule has 1 nitrogen and oxygen atoms in total. The van der Waals surface area contributed by atoms with Crippen LogP contribution in [-0.2, 0) is 0 Å². The minimum absolute atomic E-state index is 0.299. The molecule has 88 valence electrons. The second kappa shape index (κ2) is 7.10. The number of halogens is 2. The van der Waals surface area contributed by atoms with Crippen LogP contribution in [0.15, 0.2) is 35.3 Å². The maximum atomic E-state index is 6.04. The number of hydrogen-bond donors (Lipinski definition) is 1. The van der Waals surface area contributed by atoms with Gasteiger partial charge in [-0.1, -0.05) is 40.5 Å². The quantitative estimate of drug-likeness (QED) is 0.750. The van der Waals surface area contributed by atoms with Gasteiger partial charge in [0.25, 0.3) is 0 Å². The van der Waals surface area contributed by atoms with Crippen molar-refractivity contribution in [1.82, 2.24) is 5.32 Å². The molecule has 1 N–H and O–H groups in total. The van der Waals surface area contributed by atoms with Gasteiger partial charge in [0.2, 0.25) is 0 Å². The van der Waals surface area contributed by atoms with Crippen LogP contribution in [0.4, 0.5) is 0 Å². The van der Waals surface area contributed by atoms with Crippen LogP contribution in [0.25, 0.3) is 0 Å². The highest BCUT2D eigenvalue weighted by Gasteiger charge is 2.10. The molecule has 0 aliphatic carbocycles. The van der Waals surface area contributed by atoms with Gasteiger partial charge in [0.15, 0.2) is 0 Å². The molecule has 1 rings (SSSR count). The number of nitrogens with one attached hydrogen (secondary N) is 1. The van der Waals surface area contributed by atoms with E-state index < -0.39 is 0 Å². The molecule has 0 spiro atoms. The molecule has 0 radical (unpaired) electrons. The summed E-state index contributed by atoms with van der Waals surface area (Å²) in [6, 6.07) is 6.30. The van der Waals surface area contributed by atoms with E-state index in [2.05, 4.69) is 40.8 Å². The average molecular weight is 303 g/mol. The normalized spacial score (nSPS) is 12.4. The summed E-state index contributed by atoms with van der Waals surface area (Å²) < 4.78 is 1.02. The van der Waals surface area contributed by atoms with Crippen LogP contribution in [0.2, 0.25) is 5.02 Å². The summed E-state index contributed by atoms with van der Waals surface area (Å²) in [6.45, 7) is 6.96.